The van der Waals surface area contributed by atoms with Gasteiger partial charge in [0.05, 0.1) is 12.5 Å². The molecule has 0 amide bonds. The quantitative estimate of drug-likeness (QED) is 0.283. The Hall–Kier alpha value is -1.77. The summed E-state index contributed by atoms with van der Waals surface area (Å²) in [4.78, 5) is 12.2. The van der Waals surface area contributed by atoms with Crippen LogP contribution in [0, 0.1) is 5.92 Å². The number of unbranched alkanes of at least 4 members (excludes halogenated alkanes) is 1. The standard InChI is InChI=1S/C20H28O3/c1-3-5-15-22-18-11-13-19(14-12-18)23-20(21)17-9-7-16(6-4-2)8-10-17/h7,11-14,17H,3-6,8-10,15H2,1-2H3. The van der Waals surface area contributed by atoms with Crippen molar-refractivity contribution in [2.45, 2.75) is 58.8 Å². The smallest absolute Gasteiger partial charge is 0.314 e. The van der Waals surface area contributed by atoms with Crippen LogP contribution in [0.25, 0.3) is 0 Å². The van der Waals surface area contributed by atoms with Crippen LogP contribution >= 0.6 is 0 Å². The summed E-state index contributed by atoms with van der Waals surface area (Å²) >= 11 is 0. The molecule has 0 radical (unpaired) electrons. The van der Waals surface area contributed by atoms with E-state index in [0.29, 0.717) is 5.75 Å². The van der Waals surface area contributed by atoms with Gasteiger partial charge in [-0.3, -0.25) is 4.79 Å². The topological polar surface area (TPSA) is 35.5 Å². The molecule has 126 valence electrons. The van der Waals surface area contributed by atoms with Crippen LogP contribution in [0.3, 0.4) is 0 Å². The number of hydrogen-bond acceptors (Lipinski definition) is 3. The number of rotatable bonds is 8. The van der Waals surface area contributed by atoms with Gasteiger partial charge in [0.1, 0.15) is 11.5 Å². The van der Waals surface area contributed by atoms with Crippen LogP contribution in [0.15, 0.2) is 35.9 Å². The van der Waals surface area contributed by atoms with Crippen LogP contribution in [0.2, 0.25) is 0 Å². The minimum atomic E-state index is -0.114. The highest BCUT2D eigenvalue weighted by molar-refractivity contribution is 5.75. The molecule has 0 N–H and O–H groups in total. The van der Waals surface area contributed by atoms with Gasteiger partial charge < -0.3 is 9.47 Å². The maximum absolute atomic E-state index is 12.2. The molecule has 0 aromatic heterocycles. The Kier molecular flexibility index (Phi) is 7.18. The average Bonchev–Trinajstić information content (AvgIpc) is 2.57. The number of carbonyl (C=O) groups is 1. The predicted octanol–water partition coefficient (Wildman–Crippen LogP) is 5.30. The molecular weight excluding hydrogens is 288 g/mol. The fourth-order valence-electron chi connectivity index (χ4n) is 2.79. The molecule has 1 atom stereocenters. The molecular formula is C20H28O3. The van der Waals surface area contributed by atoms with Crippen LogP contribution < -0.4 is 9.47 Å². The lowest BCUT2D eigenvalue weighted by Crippen LogP contribution is -2.22. The van der Waals surface area contributed by atoms with Crippen molar-refractivity contribution >= 4 is 5.97 Å². The average molecular weight is 316 g/mol. The van der Waals surface area contributed by atoms with E-state index < -0.39 is 0 Å². The van der Waals surface area contributed by atoms with Crippen LogP contribution in [0.4, 0.5) is 0 Å². The van der Waals surface area contributed by atoms with Gasteiger partial charge in [0, 0.05) is 0 Å². The Morgan fingerprint density at radius 1 is 1.13 bits per heavy atom. The maximum Gasteiger partial charge on any atom is 0.314 e. The molecule has 3 nitrogen and oxygen atoms in total. The third-order valence-electron chi connectivity index (χ3n) is 4.22. The second-order valence-corrected chi connectivity index (χ2v) is 6.18. The lowest BCUT2D eigenvalue weighted by Gasteiger charge is -2.20. The summed E-state index contributed by atoms with van der Waals surface area (Å²) in [5.41, 5.74) is 1.49. The number of benzene rings is 1. The minimum Gasteiger partial charge on any atom is -0.494 e. The predicted molar refractivity (Wildman–Crippen MR) is 92.8 cm³/mol. The van der Waals surface area contributed by atoms with Crippen molar-refractivity contribution in [3.8, 4) is 11.5 Å². The van der Waals surface area contributed by atoms with Gasteiger partial charge in [0.15, 0.2) is 0 Å². The monoisotopic (exact) mass is 316 g/mol. The van der Waals surface area contributed by atoms with Gasteiger partial charge in [-0.1, -0.05) is 38.3 Å². The molecule has 2 rings (SSSR count). The maximum atomic E-state index is 12.2. The van der Waals surface area contributed by atoms with Crippen LogP contribution in [-0.4, -0.2) is 12.6 Å². The molecule has 1 aromatic rings. The second-order valence-electron chi connectivity index (χ2n) is 6.18. The SMILES string of the molecule is CCCCOc1ccc(OC(=O)C2CC=C(CCC)CC2)cc1. The summed E-state index contributed by atoms with van der Waals surface area (Å²) in [6.07, 6.45) is 9.46. The molecule has 0 aliphatic heterocycles. The zero-order chi connectivity index (χ0) is 16.5. The molecule has 0 spiro atoms. The highest BCUT2D eigenvalue weighted by Gasteiger charge is 2.23. The number of esters is 1. The van der Waals surface area contributed by atoms with E-state index in [4.69, 9.17) is 9.47 Å². The first-order valence-corrected chi connectivity index (χ1v) is 8.85. The van der Waals surface area contributed by atoms with Crippen LogP contribution in [-0.2, 0) is 4.79 Å². The lowest BCUT2D eigenvalue weighted by atomic mass is 9.88. The Balaban J connectivity index is 1.81. The summed E-state index contributed by atoms with van der Waals surface area (Å²) in [7, 11) is 0. The molecule has 0 saturated carbocycles. The van der Waals surface area contributed by atoms with E-state index in [1.807, 2.05) is 12.1 Å². The summed E-state index contributed by atoms with van der Waals surface area (Å²) in [6, 6.07) is 7.33. The van der Waals surface area contributed by atoms with E-state index in [-0.39, 0.29) is 11.9 Å². The summed E-state index contributed by atoms with van der Waals surface area (Å²) < 4.78 is 11.1. The van der Waals surface area contributed by atoms with Crippen molar-refractivity contribution in [1.29, 1.82) is 0 Å². The zero-order valence-electron chi connectivity index (χ0n) is 14.3. The van der Waals surface area contributed by atoms with Crippen molar-refractivity contribution in [2.24, 2.45) is 5.92 Å². The van der Waals surface area contributed by atoms with E-state index in [1.165, 1.54) is 12.0 Å². The largest absolute Gasteiger partial charge is 0.494 e. The fraction of sp³-hybridized carbons (Fsp3) is 0.550. The van der Waals surface area contributed by atoms with Gasteiger partial charge >= 0.3 is 5.97 Å². The molecule has 0 saturated heterocycles. The first-order chi connectivity index (χ1) is 11.2. The van der Waals surface area contributed by atoms with E-state index >= 15 is 0 Å². The van der Waals surface area contributed by atoms with Crippen molar-refractivity contribution in [3.05, 3.63) is 35.9 Å². The van der Waals surface area contributed by atoms with Crippen LogP contribution in [0.5, 0.6) is 11.5 Å². The molecule has 0 fully saturated rings. The number of carbonyl (C=O) groups excluding carboxylic acids is 1. The number of hydrogen-bond donors (Lipinski definition) is 0. The fourth-order valence-corrected chi connectivity index (χ4v) is 2.79. The van der Waals surface area contributed by atoms with Gasteiger partial charge in [-0.05, 0) is 56.4 Å². The Bertz CT molecular complexity index is 516. The molecule has 0 bridgehead atoms. The lowest BCUT2D eigenvalue weighted by molar-refractivity contribution is -0.139. The molecule has 0 heterocycles. The van der Waals surface area contributed by atoms with Crippen molar-refractivity contribution < 1.29 is 14.3 Å². The third kappa shape index (κ3) is 5.74. The molecule has 1 aliphatic rings. The van der Waals surface area contributed by atoms with Crippen molar-refractivity contribution in [2.75, 3.05) is 6.61 Å². The van der Waals surface area contributed by atoms with Crippen molar-refractivity contribution in [3.63, 3.8) is 0 Å². The summed E-state index contributed by atoms with van der Waals surface area (Å²) in [5, 5.41) is 0. The third-order valence-corrected chi connectivity index (χ3v) is 4.22. The van der Waals surface area contributed by atoms with Crippen molar-refractivity contribution in [1.82, 2.24) is 0 Å². The molecule has 1 aromatic carbocycles. The highest BCUT2D eigenvalue weighted by Crippen LogP contribution is 2.28. The highest BCUT2D eigenvalue weighted by atomic mass is 16.5. The summed E-state index contributed by atoms with van der Waals surface area (Å²) in [6.45, 7) is 5.05. The Morgan fingerprint density at radius 3 is 2.48 bits per heavy atom. The Morgan fingerprint density at radius 2 is 1.87 bits per heavy atom. The van der Waals surface area contributed by atoms with E-state index in [0.717, 1.165) is 50.9 Å². The van der Waals surface area contributed by atoms with Gasteiger partial charge in [-0.15, -0.1) is 0 Å². The molecule has 23 heavy (non-hydrogen) atoms. The molecule has 1 unspecified atom stereocenters. The molecule has 1 aliphatic carbocycles. The van der Waals surface area contributed by atoms with E-state index in [2.05, 4.69) is 19.9 Å². The number of ether oxygens (including phenoxy) is 2. The second kappa shape index (κ2) is 9.39. The number of allylic oxidation sites excluding steroid dienone is 2. The first-order valence-electron chi connectivity index (χ1n) is 8.85. The first kappa shape index (κ1) is 17.6. The van der Waals surface area contributed by atoms with E-state index in [9.17, 15) is 4.79 Å². The van der Waals surface area contributed by atoms with Gasteiger partial charge in [0.2, 0.25) is 0 Å². The van der Waals surface area contributed by atoms with Gasteiger partial charge in [-0.25, -0.2) is 0 Å². The zero-order valence-corrected chi connectivity index (χ0v) is 14.3. The molecule has 3 heteroatoms. The van der Waals surface area contributed by atoms with Crippen LogP contribution in [0.1, 0.15) is 58.8 Å². The van der Waals surface area contributed by atoms with Gasteiger partial charge in [-0.2, -0.15) is 0 Å². The van der Waals surface area contributed by atoms with E-state index in [1.54, 1.807) is 12.1 Å². The Labute approximate surface area is 139 Å². The van der Waals surface area contributed by atoms with Gasteiger partial charge in [0.25, 0.3) is 0 Å². The summed E-state index contributed by atoms with van der Waals surface area (Å²) in [5.74, 6) is 1.30. The normalized spacial score (nSPS) is 17.5. The minimum absolute atomic E-state index is 0.00362.